The topological polar surface area (TPSA) is 63.5 Å². The van der Waals surface area contributed by atoms with Crippen LogP contribution in [0.4, 0.5) is 5.69 Å². The van der Waals surface area contributed by atoms with Gasteiger partial charge in [-0.15, -0.1) is 0 Å². The predicted octanol–water partition coefficient (Wildman–Crippen LogP) is 3.86. The Morgan fingerprint density at radius 1 is 1.04 bits per heavy atom. The van der Waals surface area contributed by atoms with E-state index in [0.717, 1.165) is 16.9 Å². The van der Waals surface area contributed by atoms with Crippen LogP contribution in [0.1, 0.15) is 5.56 Å². The largest absolute Gasteiger partial charge is 0.506 e. The number of aromatic hydroxyl groups is 1. The van der Waals surface area contributed by atoms with Gasteiger partial charge in [0, 0.05) is 11.8 Å². The number of hydrazone groups is 1. The summed E-state index contributed by atoms with van der Waals surface area (Å²) in [5.74, 6) is 0.771. The normalized spacial score (nSPS) is 15.8. The molecule has 4 rings (SSSR count). The number of nitrogens with zero attached hydrogens (tertiary/aromatic N) is 4. The number of phenolic OH excluding ortho intramolecular Hbond substituents is 1. The third-order valence-electron chi connectivity index (χ3n) is 3.56. The van der Waals surface area contributed by atoms with Crippen LogP contribution in [0.5, 0.6) is 5.75 Å². The number of guanidine groups is 1. The van der Waals surface area contributed by atoms with Crippen LogP contribution in [-0.4, -0.2) is 22.4 Å². The molecule has 0 spiro atoms. The van der Waals surface area contributed by atoms with Gasteiger partial charge < -0.3 is 5.11 Å². The Labute approximate surface area is 155 Å². The maximum Gasteiger partial charge on any atom is 0.252 e. The van der Waals surface area contributed by atoms with Gasteiger partial charge >= 0.3 is 0 Å². The van der Waals surface area contributed by atoms with Crippen molar-refractivity contribution in [3.63, 3.8) is 0 Å². The Kier molecular flexibility index (Phi) is 3.78. The van der Waals surface area contributed by atoms with Crippen molar-refractivity contribution in [2.75, 3.05) is 5.01 Å². The molecule has 2 heterocycles. The highest BCUT2D eigenvalue weighted by molar-refractivity contribution is 9.11. The van der Waals surface area contributed by atoms with Crippen LogP contribution >= 0.6 is 31.9 Å². The van der Waals surface area contributed by atoms with Crippen molar-refractivity contribution in [1.29, 1.82) is 0 Å². The van der Waals surface area contributed by atoms with E-state index in [1.54, 1.807) is 28.5 Å². The molecule has 24 heavy (non-hydrogen) atoms. The SMILES string of the molecule is Oc1c(Br)cc(N2N=CN3NC=C(c4ccccc4)N=C32)cc1Br. The van der Waals surface area contributed by atoms with Gasteiger partial charge in [-0.2, -0.15) is 10.1 Å². The lowest BCUT2D eigenvalue weighted by atomic mass is 10.2. The van der Waals surface area contributed by atoms with E-state index in [1.165, 1.54) is 0 Å². The molecule has 2 aromatic rings. The summed E-state index contributed by atoms with van der Waals surface area (Å²) in [6.07, 6.45) is 3.47. The highest BCUT2D eigenvalue weighted by atomic mass is 79.9. The molecule has 0 saturated carbocycles. The first-order chi connectivity index (χ1) is 11.6. The molecule has 0 fully saturated rings. The Morgan fingerprint density at radius 2 is 1.75 bits per heavy atom. The summed E-state index contributed by atoms with van der Waals surface area (Å²) in [5.41, 5.74) is 5.74. The summed E-state index contributed by atoms with van der Waals surface area (Å²) in [5, 5.41) is 17.7. The van der Waals surface area contributed by atoms with Gasteiger partial charge in [-0.25, -0.2) is 10.0 Å². The maximum atomic E-state index is 9.88. The lowest BCUT2D eigenvalue weighted by Crippen LogP contribution is -2.43. The minimum atomic E-state index is 0.146. The average molecular weight is 449 g/mol. The van der Waals surface area contributed by atoms with Gasteiger partial charge in [0.05, 0.1) is 20.3 Å². The number of hydrogen-bond donors (Lipinski definition) is 2. The van der Waals surface area contributed by atoms with Crippen LogP contribution < -0.4 is 10.4 Å². The van der Waals surface area contributed by atoms with E-state index in [4.69, 9.17) is 4.99 Å². The van der Waals surface area contributed by atoms with Gasteiger partial charge in [0.2, 0.25) is 0 Å². The Hall–Kier alpha value is -2.32. The fourth-order valence-corrected chi connectivity index (χ4v) is 3.55. The number of halogens is 2. The molecule has 0 radical (unpaired) electrons. The summed E-state index contributed by atoms with van der Waals surface area (Å²) in [7, 11) is 0. The number of fused-ring (bicyclic) bond motifs is 1. The molecule has 120 valence electrons. The van der Waals surface area contributed by atoms with Crippen molar-refractivity contribution in [3.05, 3.63) is 63.2 Å². The van der Waals surface area contributed by atoms with Crippen LogP contribution in [0.3, 0.4) is 0 Å². The highest BCUT2D eigenvalue weighted by Gasteiger charge is 2.28. The molecule has 0 aliphatic carbocycles. The molecule has 6 nitrogen and oxygen atoms in total. The van der Waals surface area contributed by atoms with E-state index >= 15 is 0 Å². The third-order valence-corrected chi connectivity index (χ3v) is 4.77. The van der Waals surface area contributed by atoms with Crippen molar-refractivity contribution in [3.8, 4) is 5.75 Å². The standard InChI is InChI=1S/C16H11Br2N5O/c17-12-6-11(7-13(18)15(12)24)23-16-21-14(8-19-22(16)9-20-23)10-4-2-1-3-5-10/h1-9,19,24H. The van der Waals surface area contributed by atoms with Crippen molar-refractivity contribution >= 4 is 55.5 Å². The molecule has 2 aromatic carbocycles. The van der Waals surface area contributed by atoms with Crippen molar-refractivity contribution < 1.29 is 5.11 Å². The molecular weight excluding hydrogens is 438 g/mol. The van der Waals surface area contributed by atoms with Crippen LogP contribution in [0.15, 0.2) is 67.7 Å². The quantitative estimate of drug-likeness (QED) is 0.732. The van der Waals surface area contributed by atoms with Crippen molar-refractivity contribution in [2.45, 2.75) is 0 Å². The number of hydrogen-bond acceptors (Lipinski definition) is 6. The predicted molar refractivity (Wildman–Crippen MR) is 101 cm³/mol. The number of nitrogens with one attached hydrogen (secondary N) is 1. The molecule has 0 aromatic heterocycles. The number of phenols is 1. The lowest BCUT2D eigenvalue weighted by molar-refractivity contribution is 0.468. The third kappa shape index (κ3) is 2.57. The molecule has 0 bridgehead atoms. The van der Waals surface area contributed by atoms with E-state index in [-0.39, 0.29) is 5.75 Å². The lowest BCUT2D eigenvalue weighted by Gasteiger charge is -2.25. The van der Waals surface area contributed by atoms with Gasteiger partial charge in [0.1, 0.15) is 12.1 Å². The molecule has 2 N–H and O–H groups in total. The molecule has 8 heteroatoms. The van der Waals surface area contributed by atoms with Crippen LogP contribution in [0.2, 0.25) is 0 Å². The van der Waals surface area contributed by atoms with E-state index in [0.29, 0.717) is 14.9 Å². The Bertz CT molecular complexity index is 872. The second kappa shape index (κ2) is 5.95. The number of aliphatic imine (C=N–C) groups is 1. The van der Waals surface area contributed by atoms with Gasteiger partial charge in [0.15, 0.2) is 0 Å². The van der Waals surface area contributed by atoms with Gasteiger partial charge in [0.25, 0.3) is 5.96 Å². The fraction of sp³-hybridized carbons (Fsp3) is 0. The second-order valence-corrected chi connectivity index (χ2v) is 6.82. The van der Waals surface area contributed by atoms with Crippen LogP contribution in [-0.2, 0) is 0 Å². The van der Waals surface area contributed by atoms with E-state index < -0.39 is 0 Å². The Balaban J connectivity index is 1.73. The summed E-state index contributed by atoms with van der Waals surface area (Å²) >= 11 is 6.68. The van der Waals surface area contributed by atoms with Crippen molar-refractivity contribution in [1.82, 2.24) is 10.4 Å². The molecule has 2 aliphatic rings. The number of rotatable bonds is 2. The summed E-state index contributed by atoms with van der Waals surface area (Å²) in [6.45, 7) is 0. The molecule has 0 atom stereocenters. The minimum Gasteiger partial charge on any atom is -0.506 e. The summed E-state index contributed by atoms with van der Waals surface area (Å²) < 4.78 is 1.15. The smallest absolute Gasteiger partial charge is 0.252 e. The first-order valence-electron chi connectivity index (χ1n) is 7.05. The first kappa shape index (κ1) is 15.2. The molecule has 0 unspecified atom stereocenters. The molecular formula is C16H11Br2N5O. The fourth-order valence-electron chi connectivity index (χ4n) is 2.38. The van der Waals surface area contributed by atoms with E-state index in [9.17, 15) is 5.11 Å². The summed E-state index contributed by atoms with van der Waals surface area (Å²) in [4.78, 5) is 4.70. The number of benzene rings is 2. The number of hydrazine groups is 1. The maximum absolute atomic E-state index is 9.88. The monoisotopic (exact) mass is 447 g/mol. The van der Waals surface area contributed by atoms with Crippen molar-refractivity contribution in [2.24, 2.45) is 10.1 Å². The highest BCUT2D eigenvalue weighted by Crippen LogP contribution is 2.37. The van der Waals surface area contributed by atoms with Crippen LogP contribution in [0, 0.1) is 0 Å². The van der Waals surface area contributed by atoms with Gasteiger partial charge in [-0.1, -0.05) is 30.3 Å². The molecule has 0 amide bonds. The van der Waals surface area contributed by atoms with Gasteiger partial charge in [-0.3, -0.25) is 5.43 Å². The van der Waals surface area contributed by atoms with Gasteiger partial charge in [-0.05, 0) is 44.0 Å². The Morgan fingerprint density at radius 3 is 2.46 bits per heavy atom. The van der Waals surface area contributed by atoms with E-state index in [1.807, 2.05) is 36.5 Å². The zero-order valence-corrected chi connectivity index (χ0v) is 15.4. The number of anilines is 1. The molecule has 2 aliphatic heterocycles. The molecule has 0 saturated heterocycles. The summed E-state index contributed by atoms with van der Waals surface area (Å²) in [6, 6.07) is 13.5. The zero-order chi connectivity index (χ0) is 16.7. The second-order valence-electron chi connectivity index (χ2n) is 5.11. The van der Waals surface area contributed by atoms with E-state index in [2.05, 4.69) is 42.4 Å². The first-order valence-corrected chi connectivity index (χ1v) is 8.64. The average Bonchev–Trinajstić information content (AvgIpc) is 3.03. The van der Waals surface area contributed by atoms with Crippen LogP contribution in [0.25, 0.3) is 5.70 Å². The zero-order valence-electron chi connectivity index (χ0n) is 12.2. The minimum absolute atomic E-state index is 0.146.